The van der Waals surface area contributed by atoms with Crippen LogP contribution in [0.3, 0.4) is 0 Å². The van der Waals surface area contributed by atoms with Crippen molar-refractivity contribution in [1.29, 1.82) is 0 Å². The minimum atomic E-state index is -4.91. The fourth-order valence-electron chi connectivity index (χ4n) is 4.86. The quantitative estimate of drug-likeness (QED) is 0.415. The molecule has 2 aromatic carbocycles. The molecule has 0 saturated carbocycles. The van der Waals surface area contributed by atoms with Crippen LogP contribution in [0, 0.1) is 0 Å². The van der Waals surface area contributed by atoms with Gasteiger partial charge in [-0.15, -0.1) is 0 Å². The molecule has 0 bridgehead atoms. The summed E-state index contributed by atoms with van der Waals surface area (Å²) in [6.07, 6.45) is -0.127. The Morgan fingerprint density at radius 1 is 0.973 bits per heavy atom. The van der Waals surface area contributed by atoms with Crippen LogP contribution in [0.2, 0.25) is 0 Å². The number of aromatic nitrogens is 3. The molecule has 1 fully saturated rings. The van der Waals surface area contributed by atoms with Gasteiger partial charge in [0.05, 0.1) is 16.7 Å². The fraction of sp³-hybridized carbons (Fsp3) is 0.280. The van der Waals surface area contributed by atoms with Crippen LogP contribution in [-0.2, 0) is 16.2 Å². The lowest BCUT2D eigenvalue weighted by atomic mass is 10.0. The number of hydrogen-bond acceptors (Lipinski definition) is 6. The molecule has 5 rings (SSSR count). The normalized spacial score (nSPS) is 18.9. The third-order valence-corrected chi connectivity index (χ3v) is 7.56. The molecule has 0 amide bonds. The molecule has 12 heteroatoms. The molecule has 0 spiro atoms. The molecule has 1 aliphatic rings. The predicted octanol–water partition coefficient (Wildman–Crippen LogP) is 3.92. The van der Waals surface area contributed by atoms with Crippen LogP contribution in [0.15, 0.2) is 66.0 Å². The summed E-state index contributed by atoms with van der Waals surface area (Å²) >= 11 is 0. The number of hydrogen-bond donors (Lipinski definition) is 2. The number of piperazine rings is 1. The molecule has 37 heavy (non-hydrogen) atoms. The Balaban J connectivity index is 1.48. The van der Waals surface area contributed by atoms with Crippen molar-refractivity contribution in [2.45, 2.75) is 37.0 Å². The second kappa shape index (κ2) is 9.12. The van der Waals surface area contributed by atoms with Crippen molar-refractivity contribution >= 4 is 21.4 Å². The molecule has 3 heterocycles. The standard InChI is InChI=1S/C25H25F3N6O2S/c1-15-10-30-11-16(2)34(15)20-6-3-17(4-7-20)19-12-31-24-21(13-32-33(24)14-19)18-5-8-23(37(29,35)36)22(9-18)25(26,27)28/h3-9,12-16,30H,10-11H2,1-2H3,(H2,29,35,36)/t15-,16+. The van der Waals surface area contributed by atoms with Gasteiger partial charge in [-0.1, -0.05) is 18.2 Å². The van der Waals surface area contributed by atoms with Gasteiger partial charge in [0, 0.05) is 54.4 Å². The summed E-state index contributed by atoms with van der Waals surface area (Å²) in [4.78, 5) is 5.85. The number of anilines is 1. The van der Waals surface area contributed by atoms with Crippen molar-refractivity contribution in [3.63, 3.8) is 0 Å². The Morgan fingerprint density at radius 2 is 1.62 bits per heavy atom. The maximum Gasteiger partial charge on any atom is 0.417 e. The molecule has 2 atom stereocenters. The van der Waals surface area contributed by atoms with Gasteiger partial charge in [-0.05, 0) is 49.2 Å². The van der Waals surface area contributed by atoms with Gasteiger partial charge in [-0.2, -0.15) is 18.3 Å². The summed E-state index contributed by atoms with van der Waals surface area (Å²) < 4.78 is 65.6. The molecule has 4 aromatic rings. The Kier molecular flexibility index (Phi) is 6.21. The number of rotatable bonds is 4. The molecule has 0 aliphatic carbocycles. The third kappa shape index (κ3) is 4.79. The first-order chi connectivity index (χ1) is 17.4. The Labute approximate surface area is 212 Å². The molecule has 2 aromatic heterocycles. The van der Waals surface area contributed by atoms with Crippen LogP contribution >= 0.6 is 0 Å². The number of nitrogens with two attached hydrogens (primary N) is 1. The van der Waals surface area contributed by atoms with Crippen molar-refractivity contribution < 1.29 is 21.6 Å². The second-order valence-electron chi connectivity index (χ2n) is 9.23. The van der Waals surface area contributed by atoms with Gasteiger partial charge in [0.1, 0.15) is 0 Å². The molecule has 8 nitrogen and oxygen atoms in total. The molecular formula is C25H25F3N6O2S. The highest BCUT2D eigenvalue weighted by atomic mass is 32.2. The number of sulfonamides is 1. The van der Waals surface area contributed by atoms with E-state index in [9.17, 15) is 21.6 Å². The first-order valence-corrected chi connectivity index (χ1v) is 13.2. The molecule has 1 aliphatic heterocycles. The zero-order valence-electron chi connectivity index (χ0n) is 20.1. The van der Waals surface area contributed by atoms with E-state index in [-0.39, 0.29) is 5.56 Å². The van der Waals surface area contributed by atoms with Gasteiger partial charge < -0.3 is 10.2 Å². The van der Waals surface area contributed by atoms with Crippen LogP contribution in [0.25, 0.3) is 27.9 Å². The predicted molar refractivity (Wildman–Crippen MR) is 135 cm³/mol. The molecule has 3 N–H and O–H groups in total. The molecule has 1 saturated heterocycles. The second-order valence-corrected chi connectivity index (χ2v) is 10.8. The van der Waals surface area contributed by atoms with Gasteiger partial charge in [0.15, 0.2) is 5.65 Å². The Hall–Kier alpha value is -3.48. The van der Waals surface area contributed by atoms with Crippen molar-refractivity contribution in [2.24, 2.45) is 5.14 Å². The van der Waals surface area contributed by atoms with Gasteiger partial charge in [0.25, 0.3) is 0 Å². The van der Waals surface area contributed by atoms with E-state index in [0.717, 1.165) is 42.0 Å². The first-order valence-electron chi connectivity index (χ1n) is 11.6. The van der Waals surface area contributed by atoms with E-state index >= 15 is 0 Å². The Bertz CT molecular complexity index is 1560. The van der Waals surface area contributed by atoms with Gasteiger partial charge in [0.2, 0.25) is 10.0 Å². The van der Waals surface area contributed by atoms with E-state index in [1.165, 1.54) is 16.8 Å². The highest BCUT2D eigenvalue weighted by molar-refractivity contribution is 7.89. The number of nitrogens with one attached hydrogen (secondary N) is 1. The average Bonchev–Trinajstić information content (AvgIpc) is 3.26. The number of halogens is 3. The maximum absolute atomic E-state index is 13.6. The number of benzene rings is 2. The topological polar surface area (TPSA) is 106 Å². The van der Waals surface area contributed by atoms with Crippen molar-refractivity contribution in [3.05, 3.63) is 66.6 Å². The van der Waals surface area contributed by atoms with E-state index < -0.39 is 26.7 Å². The smallest absolute Gasteiger partial charge is 0.364 e. The van der Waals surface area contributed by atoms with Crippen molar-refractivity contribution in [3.8, 4) is 22.3 Å². The zero-order valence-corrected chi connectivity index (χ0v) is 20.9. The van der Waals surface area contributed by atoms with Crippen LogP contribution in [0.5, 0.6) is 0 Å². The lowest BCUT2D eigenvalue weighted by Gasteiger charge is -2.41. The van der Waals surface area contributed by atoms with Crippen molar-refractivity contribution in [2.75, 3.05) is 18.0 Å². The average molecular weight is 531 g/mol. The summed E-state index contributed by atoms with van der Waals surface area (Å²) in [6.45, 7) is 6.21. The number of primary sulfonamides is 1. The van der Waals surface area contributed by atoms with E-state index in [1.54, 1.807) is 12.4 Å². The zero-order chi connectivity index (χ0) is 26.5. The van der Waals surface area contributed by atoms with Crippen LogP contribution in [0.1, 0.15) is 19.4 Å². The number of fused-ring (bicyclic) bond motifs is 1. The summed E-state index contributed by atoms with van der Waals surface area (Å²) in [7, 11) is -4.56. The van der Waals surface area contributed by atoms with Gasteiger partial charge in [-0.3, -0.25) is 0 Å². The number of nitrogens with zero attached hydrogens (tertiary/aromatic N) is 4. The summed E-state index contributed by atoms with van der Waals surface area (Å²) in [6, 6.07) is 11.8. The van der Waals surface area contributed by atoms with Crippen molar-refractivity contribution in [1.82, 2.24) is 19.9 Å². The van der Waals surface area contributed by atoms with E-state index in [1.807, 2.05) is 12.1 Å². The highest BCUT2D eigenvalue weighted by Gasteiger charge is 2.37. The molecule has 194 valence electrons. The monoisotopic (exact) mass is 530 g/mol. The fourth-order valence-corrected chi connectivity index (χ4v) is 5.60. The van der Waals surface area contributed by atoms with E-state index in [2.05, 4.69) is 46.3 Å². The lowest BCUT2D eigenvalue weighted by molar-refractivity contribution is -0.139. The lowest BCUT2D eigenvalue weighted by Crippen LogP contribution is -2.55. The molecule has 0 radical (unpaired) electrons. The largest absolute Gasteiger partial charge is 0.417 e. The summed E-state index contributed by atoms with van der Waals surface area (Å²) in [5.41, 5.74) is 2.29. The summed E-state index contributed by atoms with van der Waals surface area (Å²) in [5, 5.41) is 12.7. The Morgan fingerprint density at radius 3 is 2.24 bits per heavy atom. The van der Waals surface area contributed by atoms with Crippen LogP contribution < -0.4 is 15.4 Å². The summed E-state index contributed by atoms with van der Waals surface area (Å²) in [5.74, 6) is 0. The van der Waals surface area contributed by atoms with E-state index in [4.69, 9.17) is 5.14 Å². The molecular weight excluding hydrogens is 505 g/mol. The first kappa shape index (κ1) is 25.2. The van der Waals surface area contributed by atoms with Crippen LogP contribution in [0.4, 0.5) is 18.9 Å². The SMILES string of the molecule is C[C@@H]1CNC[C@H](C)N1c1ccc(-c2cnc3c(-c4ccc(S(N)(=O)=O)c(C(F)(F)F)c4)cnn3c2)cc1. The number of alkyl halides is 3. The van der Waals surface area contributed by atoms with Crippen LogP contribution in [-0.4, -0.2) is 48.2 Å². The maximum atomic E-state index is 13.6. The van der Waals surface area contributed by atoms with Gasteiger partial charge in [-0.25, -0.2) is 23.1 Å². The third-order valence-electron chi connectivity index (χ3n) is 6.59. The molecule has 0 unspecified atom stereocenters. The highest BCUT2D eigenvalue weighted by Crippen LogP contribution is 2.37. The minimum Gasteiger partial charge on any atom is -0.364 e. The minimum absolute atomic E-state index is 0.124. The van der Waals surface area contributed by atoms with Gasteiger partial charge >= 0.3 is 6.18 Å². The van der Waals surface area contributed by atoms with E-state index in [0.29, 0.717) is 23.3 Å².